The minimum atomic E-state index is 0.330. The largest absolute Gasteiger partial charge is 0.384 e. The molecule has 0 radical (unpaired) electrons. The summed E-state index contributed by atoms with van der Waals surface area (Å²) >= 11 is 0. The van der Waals surface area contributed by atoms with E-state index in [1.54, 1.807) is 6.20 Å². The first-order chi connectivity index (χ1) is 5.34. The topological polar surface area (TPSA) is 73.2 Å². The molecule has 0 fully saturated rings. The summed E-state index contributed by atoms with van der Waals surface area (Å²) < 4.78 is 0. The van der Waals surface area contributed by atoms with Crippen molar-refractivity contribution in [3.05, 3.63) is 11.8 Å². The Morgan fingerprint density at radius 3 is 3.00 bits per heavy atom. The third kappa shape index (κ3) is 2.21. The maximum atomic E-state index is 5.47. The fourth-order valence-electron chi connectivity index (χ4n) is 0.625. The van der Waals surface area contributed by atoms with E-state index in [1.165, 1.54) is 0 Å². The number of nitrogens with zero attached hydrogens (tertiary/aromatic N) is 1. The monoisotopic (exact) mass is 157 g/mol. The molecule has 0 aliphatic heterocycles. The van der Waals surface area contributed by atoms with Gasteiger partial charge >= 0.3 is 0 Å². The molecule has 0 saturated heterocycles. The number of aromatic nitrogens is 2. The third-order valence-electron chi connectivity index (χ3n) is 1.17. The van der Waals surface area contributed by atoms with Gasteiger partial charge in [-0.05, 0) is 6.92 Å². The smallest absolute Gasteiger partial charge is 0.124 e. The molecule has 0 aliphatic carbocycles. The quantitative estimate of drug-likeness (QED) is 0.378. The summed E-state index contributed by atoms with van der Waals surface area (Å²) in [6.07, 6.45) is 1.61. The molecule has 0 unspecified atom stereocenters. The molecule has 0 spiro atoms. The molecule has 1 aromatic heterocycles. The number of aromatic amines is 1. The minimum Gasteiger partial charge on any atom is -0.384 e. The highest BCUT2D eigenvalue weighted by atomic mass is 17.2. The van der Waals surface area contributed by atoms with Gasteiger partial charge in [-0.25, -0.2) is 9.78 Å². The highest BCUT2D eigenvalue weighted by Gasteiger charge is 1.99. The van der Waals surface area contributed by atoms with Crippen molar-refractivity contribution in [2.75, 3.05) is 12.3 Å². The van der Waals surface area contributed by atoms with Crippen LogP contribution in [0.1, 0.15) is 12.5 Å². The highest BCUT2D eigenvalue weighted by Crippen LogP contribution is 2.06. The number of hydrogen-bond acceptors (Lipinski definition) is 4. The van der Waals surface area contributed by atoms with Gasteiger partial charge in [0.05, 0.1) is 12.8 Å². The van der Waals surface area contributed by atoms with Crippen molar-refractivity contribution in [1.29, 1.82) is 0 Å². The van der Waals surface area contributed by atoms with E-state index in [-0.39, 0.29) is 0 Å². The Morgan fingerprint density at radius 1 is 1.64 bits per heavy atom. The van der Waals surface area contributed by atoms with Crippen molar-refractivity contribution in [1.82, 2.24) is 10.2 Å². The number of rotatable bonds is 4. The van der Waals surface area contributed by atoms with Gasteiger partial charge in [-0.15, -0.1) is 0 Å². The molecule has 0 aromatic carbocycles. The zero-order valence-electron chi connectivity index (χ0n) is 6.33. The van der Waals surface area contributed by atoms with Crippen molar-refractivity contribution in [2.24, 2.45) is 0 Å². The lowest BCUT2D eigenvalue weighted by atomic mass is 10.4. The van der Waals surface area contributed by atoms with Crippen LogP contribution in [0.4, 0.5) is 5.82 Å². The number of nitrogens with two attached hydrogens (primary N) is 1. The van der Waals surface area contributed by atoms with Crippen LogP contribution in [-0.4, -0.2) is 16.8 Å². The summed E-state index contributed by atoms with van der Waals surface area (Å²) in [5.74, 6) is 0.518. The average molecular weight is 157 g/mol. The van der Waals surface area contributed by atoms with E-state index < -0.39 is 0 Å². The number of anilines is 1. The maximum Gasteiger partial charge on any atom is 0.124 e. The normalized spacial score (nSPS) is 10.3. The van der Waals surface area contributed by atoms with E-state index in [4.69, 9.17) is 10.6 Å². The van der Waals surface area contributed by atoms with Crippen molar-refractivity contribution >= 4 is 5.82 Å². The lowest BCUT2D eigenvalue weighted by molar-refractivity contribution is -0.300. The summed E-state index contributed by atoms with van der Waals surface area (Å²) in [5, 5.41) is 6.30. The van der Waals surface area contributed by atoms with Crippen LogP contribution >= 0.6 is 0 Å². The summed E-state index contributed by atoms with van der Waals surface area (Å²) in [4.78, 5) is 9.43. The van der Waals surface area contributed by atoms with Gasteiger partial charge in [-0.2, -0.15) is 5.10 Å². The fraction of sp³-hybridized carbons (Fsp3) is 0.500. The lowest BCUT2D eigenvalue weighted by Gasteiger charge is -1.98. The molecule has 5 nitrogen and oxygen atoms in total. The molecule has 0 atom stereocenters. The van der Waals surface area contributed by atoms with Gasteiger partial charge in [0.25, 0.3) is 0 Å². The van der Waals surface area contributed by atoms with E-state index in [1.807, 2.05) is 6.92 Å². The molecular weight excluding hydrogens is 146 g/mol. The zero-order valence-corrected chi connectivity index (χ0v) is 6.33. The summed E-state index contributed by atoms with van der Waals surface area (Å²) in [5.41, 5.74) is 6.27. The Labute approximate surface area is 64.4 Å². The maximum absolute atomic E-state index is 5.47. The Morgan fingerprint density at radius 2 is 2.45 bits per heavy atom. The Kier molecular flexibility index (Phi) is 2.88. The second-order valence-electron chi connectivity index (χ2n) is 1.98. The lowest BCUT2D eigenvalue weighted by Crippen LogP contribution is -1.96. The van der Waals surface area contributed by atoms with Gasteiger partial charge in [-0.3, -0.25) is 5.10 Å². The standard InChI is InChI=1S/C6H11N3O2/c1-2-10-11-4-5-3-8-9-6(5)7/h3H,2,4H2,1H3,(H3,7,8,9). The average Bonchev–Trinajstić information content (AvgIpc) is 2.37. The molecule has 0 aliphatic rings. The molecule has 1 rings (SSSR count). The van der Waals surface area contributed by atoms with Crippen LogP contribution in [0.25, 0.3) is 0 Å². The first-order valence-electron chi connectivity index (χ1n) is 3.36. The van der Waals surface area contributed by atoms with Gasteiger partial charge in [0.2, 0.25) is 0 Å². The molecule has 1 heterocycles. The van der Waals surface area contributed by atoms with Crippen molar-refractivity contribution in [2.45, 2.75) is 13.5 Å². The van der Waals surface area contributed by atoms with Crippen LogP contribution in [0.5, 0.6) is 0 Å². The van der Waals surface area contributed by atoms with Gasteiger partial charge in [0, 0.05) is 5.56 Å². The first-order valence-corrected chi connectivity index (χ1v) is 3.36. The van der Waals surface area contributed by atoms with Gasteiger partial charge in [-0.1, -0.05) is 0 Å². The number of hydrogen-bond donors (Lipinski definition) is 2. The van der Waals surface area contributed by atoms with Gasteiger partial charge < -0.3 is 5.73 Å². The van der Waals surface area contributed by atoms with E-state index in [0.29, 0.717) is 19.0 Å². The molecule has 5 heteroatoms. The van der Waals surface area contributed by atoms with E-state index in [2.05, 4.69) is 15.1 Å². The number of nitrogen functional groups attached to an aromatic ring is 1. The molecule has 11 heavy (non-hydrogen) atoms. The predicted octanol–water partition coefficient (Wildman–Crippen LogP) is 0.460. The minimum absolute atomic E-state index is 0.330. The van der Waals surface area contributed by atoms with Crippen LogP contribution in [-0.2, 0) is 16.4 Å². The molecule has 1 aromatic rings. The second-order valence-corrected chi connectivity index (χ2v) is 1.98. The Bertz CT molecular complexity index is 211. The summed E-state index contributed by atoms with van der Waals surface area (Å²) in [7, 11) is 0. The molecule has 0 saturated carbocycles. The molecule has 0 amide bonds. The molecule has 3 N–H and O–H groups in total. The summed E-state index contributed by atoms with van der Waals surface area (Å²) in [6, 6.07) is 0. The third-order valence-corrected chi connectivity index (χ3v) is 1.17. The van der Waals surface area contributed by atoms with Crippen molar-refractivity contribution < 1.29 is 9.78 Å². The summed E-state index contributed by atoms with van der Waals surface area (Å²) in [6.45, 7) is 2.70. The van der Waals surface area contributed by atoms with Crippen LogP contribution in [0, 0.1) is 0 Å². The van der Waals surface area contributed by atoms with Crippen LogP contribution in [0.3, 0.4) is 0 Å². The number of nitrogens with one attached hydrogen (secondary N) is 1. The highest BCUT2D eigenvalue weighted by molar-refractivity contribution is 5.35. The molecular formula is C6H11N3O2. The van der Waals surface area contributed by atoms with Gasteiger partial charge in [0.15, 0.2) is 0 Å². The fourth-order valence-corrected chi connectivity index (χ4v) is 0.625. The Hall–Kier alpha value is -1.07. The SMILES string of the molecule is CCOOCc1cn[nH]c1N. The van der Waals surface area contributed by atoms with Crippen LogP contribution in [0.2, 0.25) is 0 Å². The van der Waals surface area contributed by atoms with Crippen molar-refractivity contribution in [3.63, 3.8) is 0 Å². The zero-order chi connectivity index (χ0) is 8.10. The van der Waals surface area contributed by atoms with E-state index in [0.717, 1.165) is 5.56 Å². The molecule has 62 valence electrons. The van der Waals surface area contributed by atoms with E-state index in [9.17, 15) is 0 Å². The Balaban J connectivity index is 2.32. The molecule has 0 bridgehead atoms. The van der Waals surface area contributed by atoms with Crippen LogP contribution in [0.15, 0.2) is 6.20 Å². The van der Waals surface area contributed by atoms with Crippen molar-refractivity contribution in [3.8, 4) is 0 Å². The first kappa shape index (κ1) is 8.03. The van der Waals surface area contributed by atoms with Gasteiger partial charge in [0.1, 0.15) is 12.4 Å². The van der Waals surface area contributed by atoms with E-state index >= 15 is 0 Å². The number of H-pyrrole nitrogens is 1. The predicted molar refractivity (Wildman–Crippen MR) is 39.4 cm³/mol. The van der Waals surface area contributed by atoms with Crippen LogP contribution < -0.4 is 5.73 Å². The second kappa shape index (κ2) is 3.95.